The molecule has 1 aromatic carbocycles. The van der Waals surface area contributed by atoms with Gasteiger partial charge in [-0.25, -0.2) is 0 Å². The van der Waals surface area contributed by atoms with Gasteiger partial charge in [0.2, 0.25) is 11.8 Å². The van der Waals surface area contributed by atoms with E-state index in [1.165, 1.54) is 0 Å². The second-order valence-electron chi connectivity index (χ2n) is 5.95. The Balaban J connectivity index is 2.10. The average Bonchev–Trinajstić information content (AvgIpc) is 3.00. The van der Waals surface area contributed by atoms with Crippen LogP contribution in [-0.4, -0.2) is 47.4 Å². The second kappa shape index (κ2) is 8.52. The fraction of sp³-hybridized carbons (Fsp3) is 0.474. The molecule has 0 aliphatic carbocycles. The minimum Gasteiger partial charge on any atom is -0.494 e. The first-order valence-electron chi connectivity index (χ1n) is 8.47. The SMILES string of the molecule is C=CCN(Cc1cccc(OCC)c1)C(=O)C(C)N1CCCC1=O. The van der Waals surface area contributed by atoms with Crippen molar-refractivity contribution in [2.45, 2.75) is 39.3 Å². The highest BCUT2D eigenvalue weighted by molar-refractivity contribution is 5.88. The molecule has 1 aliphatic rings. The molecule has 1 saturated heterocycles. The molecule has 0 bridgehead atoms. The summed E-state index contributed by atoms with van der Waals surface area (Å²) in [5.41, 5.74) is 0.996. The van der Waals surface area contributed by atoms with E-state index >= 15 is 0 Å². The van der Waals surface area contributed by atoms with E-state index in [0.717, 1.165) is 17.7 Å². The van der Waals surface area contributed by atoms with Crippen LogP contribution in [0.1, 0.15) is 32.3 Å². The highest BCUT2D eigenvalue weighted by Gasteiger charge is 2.31. The Morgan fingerprint density at radius 1 is 1.50 bits per heavy atom. The van der Waals surface area contributed by atoms with Crippen LogP contribution >= 0.6 is 0 Å². The number of amides is 2. The van der Waals surface area contributed by atoms with Crippen molar-refractivity contribution in [1.29, 1.82) is 0 Å². The van der Waals surface area contributed by atoms with E-state index in [9.17, 15) is 9.59 Å². The summed E-state index contributed by atoms with van der Waals surface area (Å²) in [5, 5.41) is 0. The van der Waals surface area contributed by atoms with E-state index in [0.29, 0.717) is 32.7 Å². The number of ether oxygens (including phenoxy) is 1. The largest absolute Gasteiger partial charge is 0.494 e. The number of likely N-dealkylation sites (tertiary alicyclic amines) is 1. The summed E-state index contributed by atoms with van der Waals surface area (Å²) < 4.78 is 5.51. The van der Waals surface area contributed by atoms with Crippen molar-refractivity contribution in [1.82, 2.24) is 9.80 Å². The van der Waals surface area contributed by atoms with Crippen LogP contribution in [0.4, 0.5) is 0 Å². The summed E-state index contributed by atoms with van der Waals surface area (Å²) in [6, 6.07) is 7.30. The lowest BCUT2D eigenvalue weighted by molar-refractivity contribution is -0.142. The summed E-state index contributed by atoms with van der Waals surface area (Å²) >= 11 is 0. The lowest BCUT2D eigenvalue weighted by atomic mass is 10.1. The quantitative estimate of drug-likeness (QED) is 0.689. The van der Waals surface area contributed by atoms with Gasteiger partial charge in [0.15, 0.2) is 0 Å². The molecule has 0 aromatic heterocycles. The van der Waals surface area contributed by atoms with Gasteiger partial charge in [0, 0.05) is 26.1 Å². The molecule has 1 aliphatic heterocycles. The molecule has 1 atom stereocenters. The zero-order valence-electron chi connectivity index (χ0n) is 14.5. The Kier molecular flexibility index (Phi) is 6.41. The maximum Gasteiger partial charge on any atom is 0.245 e. The molecule has 2 amide bonds. The molecule has 1 unspecified atom stereocenters. The molecule has 0 spiro atoms. The number of carbonyl (C=O) groups excluding carboxylic acids is 2. The van der Waals surface area contributed by atoms with Crippen LogP contribution < -0.4 is 4.74 Å². The molecule has 0 radical (unpaired) electrons. The van der Waals surface area contributed by atoms with Crippen LogP contribution in [0, 0.1) is 0 Å². The molecule has 2 rings (SSSR count). The van der Waals surface area contributed by atoms with Gasteiger partial charge in [0.25, 0.3) is 0 Å². The fourth-order valence-corrected chi connectivity index (χ4v) is 2.99. The van der Waals surface area contributed by atoms with Crippen LogP contribution in [0.5, 0.6) is 5.75 Å². The molecule has 1 heterocycles. The number of rotatable bonds is 8. The maximum absolute atomic E-state index is 12.8. The summed E-state index contributed by atoms with van der Waals surface area (Å²) in [6.45, 7) is 9.67. The van der Waals surface area contributed by atoms with Crippen molar-refractivity contribution >= 4 is 11.8 Å². The molecule has 1 aromatic rings. The monoisotopic (exact) mass is 330 g/mol. The first-order chi connectivity index (χ1) is 11.6. The zero-order valence-corrected chi connectivity index (χ0v) is 14.5. The van der Waals surface area contributed by atoms with Crippen LogP contribution in [0.3, 0.4) is 0 Å². The third-order valence-electron chi connectivity index (χ3n) is 4.18. The topological polar surface area (TPSA) is 49.9 Å². The maximum atomic E-state index is 12.8. The Bertz CT molecular complexity index is 600. The summed E-state index contributed by atoms with van der Waals surface area (Å²) in [7, 11) is 0. The van der Waals surface area contributed by atoms with Gasteiger partial charge in [-0.05, 0) is 38.0 Å². The first-order valence-corrected chi connectivity index (χ1v) is 8.47. The van der Waals surface area contributed by atoms with E-state index in [2.05, 4.69) is 6.58 Å². The molecular weight excluding hydrogens is 304 g/mol. The smallest absolute Gasteiger partial charge is 0.245 e. The second-order valence-corrected chi connectivity index (χ2v) is 5.95. The molecular formula is C19H26N2O3. The molecule has 5 heteroatoms. The lowest BCUT2D eigenvalue weighted by Crippen LogP contribution is -2.47. The van der Waals surface area contributed by atoms with Crippen molar-refractivity contribution in [3.8, 4) is 5.75 Å². The molecule has 24 heavy (non-hydrogen) atoms. The van der Waals surface area contributed by atoms with Crippen molar-refractivity contribution in [3.63, 3.8) is 0 Å². The van der Waals surface area contributed by atoms with Crippen molar-refractivity contribution in [2.24, 2.45) is 0 Å². The minimum absolute atomic E-state index is 0.0491. The van der Waals surface area contributed by atoms with E-state index in [1.54, 1.807) is 22.8 Å². The number of hydrogen-bond donors (Lipinski definition) is 0. The standard InChI is InChI=1S/C19H26N2O3/c1-4-11-20(14-16-8-6-9-17(13-16)24-5-2)19(23)15(3)21-12-7-10-18(21)22/h4,6,8-9,13,15H,1,5,7,10-12,14H2,2-3H3. The zero-order chi connectivity index (χ0) is 17.5. The van der Waals surface area contributed by atoms with Gasteiger partial charge in [-0.15, -0.1) is 6.58 Å². The third-order valence-corrected chi connectivity index (χ3v) is 4.18. The number of hydrogen-bond acceptors (Lipinski definition) is 3. The van der Waals surface area contributed by atoms with Gasteiger partial charge in [-0.1, -0.05) is 18.2 Å². The van der Waals surface area contributed by atoms with E-state index < -0.39 is 6.04 Å². The van der Waals surface area contributed by atoms with E-state index in [1.807, 2.05) is 31.2 Å². The minimum atomic E-state index is -0.435. The first kappa shape index (κ1) is 18.0. The Morgan fingerprint density at radius 3 is 2.92 bits per heavy atom. The summed E-state index contributed by atoms with van der Waals surface area (Å²) in [5.74, 6) is 0.809. The number of carbonyl (C=O) groups is 2. The lowest BCUT2D eigenvalue weighted by Gasteiger charge is -2.30. The Hall–Kier alpha value is -2.30. The highest BCUT2D eigenvalue weighted by atomic mass is 16.5. The van der Waals surface area contributed by atoms with E-state index in [-0.39, 0.29) is 11.8 Å². The van der Waals surface area contributed by atoms with Crippen LogP contribution in [0.25, 0.3) is 0 Å². The number of benzene rings is 1. The van der Waals surface area contributed by atoms with E-state index in [4.69, 9.17) is 4.74 Å². The Labute approximate surface area is 143 Å². The highest BCUT2D eigenvalue weighted by Crippen LogP contribution is 2.18. The molecule has 130 valence electrons. The third kappa shape index (κ3) is 4.37. The average molecular weight is 330 g/mol. The normalized spacial score (nSPS) is 15.2. The van der Waals surface area contributed by atoms with Gasteiger partial charge in [-0.3, -0.25) is 9.59 Å². The fourth-order valence-electron chi connectivity index (χ4n) is 2.99. The van der Waals surface area contributed by atoms with Gasteiger partial charge in [0.05, 0.1) is 6.61 Å². The number of nitrogens with zero attached hydrogens (tertiary/aromatic N) is 2. The summed E-state index contributed by atoms with van der Waals surface area (Å²) in [4.78, 5) is 28.1. The molecule has 0 saturated carbocycles. The van der Waals surface area contributed by atoms with Gasteiger partial charge in [-0.2, -0.15) is 0 Å². The van der Waals surface area contributed by atoms with Crippen LogP contribution in [0.15, 0.2) is 36.9 Å². The molecule has 5 nitrogen and oxygen atoms in total. The van der Waals surface area contributed by atoms with Gasteiger partial charge in [0.1, 0.15) is 11.8 Å². The predicted octanol–water partition coefficient (Wildman–Crippen LogP) is 2.61. The van der Waals surface area contributed by atoms with Crippen molar-refractivity contribution in [2.75, 3.05) is 19.7 Å². The molecule has 1 fully saturated rings. The van der Waals surface area contributed by atoms with Gasteiger partial charge < -0.3 is 14.5 Å². The van der Waals surface area contributed by atoms with Crippen LogP contribution in [0.2, 0.25) is 0 Å². The predicted molar refractivity (Wildman–Crippen MR) is 93.6 cm³/mol. The van der Waals surface area contributed by atoms with Gasteiger partial charge >= 0.3 is 0 Å². The Morgan fingerprint density at radius 2 is 2.29 bits per heavy atom. The molecule has 0 N–H and O–H groups in total. The van der Waals surface area contributed by atoms with Crippen molar-refractivity contribution in [3.05, 3.63) is 42.5 Å². The summed E-state index contributed by atoms with van der Waals surface area (Å²) in [6.07, 6.45) is 3.08. The van der Waals surface area contributed by atoms with Crippen LogP contribution in [-0.2, 0) is 16.1 Å². The van der Waals surface area contributed by atoms with Crippen molar-refractivity contribution < 1.29 is 14.3 Å².